The minimum atomic E-state index is -0.271. The van der Waals surface area contributed by atoms with Gasteiger partial charge in [-0.25, -0.2) is 0 Å². The molecule has 1 aromatic heterocycles. The molecule has 0 aromatic carbocycles. The first-order valence-corrected chi connectivity index (χ1v) is 6.59. The van der Waals surface area contributed by atoms with Gasteiger partial charge in [0.2, 0.25) is 11.8 Å². The molecule has 0 spiro atoms. The fraction of sp³-hybridized carbons (Fsp3) is 0.727. The normalized spacial score (nSPS) is 24.2. The van der Waals surface area contributed by atoms with E-state index in [1.165, 1.54) is 0 Å². The van der Waals surface area contributed by atoms with Crippen LogP contribution in [0.3, 0.4) is 0 Å². The SMILES string of the molecule is CC1CCC(C(N)=O)CN1c1nnc(CCCl)o1. The van der Waals surface area contributed by atoms with Crippen LogP contribution in [0.2, 0.25) is 0 Å². The molecule has 0 aliphatic carbocycles. The number of carbonyl (C=O) groups excluding carboxylic acids is 1. The largest absolute Gasteiger partial charge is 0.408 e. The van der Waals surface area contributed by atoms with Gasteiger partial charge in [0.05, 0.1) is 5.92 Å². The highest BCUT2D eigenvalue weighted by Crippen LogP contribution is 2.26. The molecule has 18 heavy (non-hydrogen) atoms. The molecule has 1 aromatic rings. The Kier molecular flexibility index (Phi) is 4.06. The number of nitrogens with two attached hydrogens (primary N) is 1. The molecule has 2 heterocycles. The molecule has 1 fully saturated rings. The van der Waals surface area contributed by atoms with Gasteiger partial charge in [0.25, 0.3) is 0 Å². The maximum atomic E-state index is 11.3. The van der Waals surface area contributed by atoms with Gasteiger partial charge in [-0.05, 0) is 19.8 Å². The molecule has 0 radical (unpaired) electrons. The van der Waals surface area contributed by atoms with E-state index < -0.39 is 0 Å². The van der Waals surface area contributed by atoms with Gasteiger partial charge in [0.1, 0.15) is 0 Å². The van der Waals surface area contributed by atoms with Gasteiger partial charge in [-0.3, -0.25) is 4.79 Å². The number of piperidine rings is 1. The van der Waals surface area contributed by atoms with Crippen LogP contribution < -0.4 is 10.6 Å². The Morgan fingerprint density at radius 3 is 3.00 bits per heavy atom. The fourth-order valence-electron chi connectivity index (χ4n) is 2.15. The number of halogens is 1. The molecule has 6 nitrogen and oxygen atoms in total. The molecule has 1 amide bonds. The summed E-state index contributed by atoms with van der Waals surface area (Å²) in [7, 11) is 0. The minimum Gasteiger partial charge on any atom is -0.408 e. The first-order valence-electron chi connectivity index (χ1n) is 6.06. The Morgan fingerprint density at radius 1 is 1.56 bits per heavy atom. The number of nitrogens with zero attached hydrogens (tertiary/aromatic N) is 3. The first-order chi connectivity index (χ1) is 8.61. The van der Waals surface area contributed by atoms with Crippen molar-refractivity contribution in [1.29, 1.82) is 0 Å². The molecule has 100 valence electrons. The molecule has 2 atom stereocenters. The molecular formula is C11H17ClN4O2. The van der Waals surface area contributed by atoms with Crippen LogP contribution in [-0.2, 0) is 11.2 Å². The average molecular weight is 273 g/mol. The van der Waals surface area contributed by atoms with Crippen molar-refractivity contribution in [1.82, 2.24) is 10.2 Å². The topological polar surface area (TPSA) is 85.3 Å². The molecule has 0 bridgehead atoms. The van der Waals surface area contributed by atoms with E-state index in [0.29, 0.717) is 30.8 Å². The zero-order valence-corrected chi connectivity index (χ0v) is 11.1. The highest BCUT2D eigenvalue weighted by atomic mass is 35.5. The highest BCUT2D eigenvalue weighted by molar-refractivity contribution is 6.17. The second-order valence-corrected chi connectivity index (χ2v) is 4.97. The van der Waals surface area contributed by atoms with Crippen LogP contribution in [0.15, 0.2) is 4.42 Å². The van der Waals surface area contributed by atoms with E-state index in [4.69, 9.17) is 21.8 Å². The first kappa shape index (κ1) is 13.1. The van der Waals surface area contributed by atoms with Crippen molar-refractivity contribution in [2.45, 2.75) is 32.2 Å². The number of alkyl halides is 1. The van der Waals surface area contributed by atoms with E-state index in [-0.39, 0.29) is 17.9 Å². The van der Waals surface area contributed by atoms with Crippen molar-refractivity contribution in [3.05, 3.63) is 5.89 Å². The number of primary amides is 1. The summed E-state index contributed by atoms with van der Waals surface area (Å²) in [5.41, 5.74) is 5.36. The van der Waals surface area contributed by atoms with Crippen LogP contribution >= 0.6 is 11.6 Å². The Labute approximate surface area is 110 Å². The molecule has 1 aliphatic heterocycles. The number of hydrogen-bond acceptors (Lipinski definition) is 5. The third-order valence-corrected chi connectivity index (χ3v) is 3.48. The van der Waals surface area contributed by atoms with Crippen molar-refractivity contribution in [3.8, 4) is 0 Å². The summed E-state index contributed by atoms with van der Waals surface area (Å²) in [5, 5.41) is 7.93. The van der Waals surface area contributed by atoms with Gasteiger partial charge < -0.3 is 15.1 Å². The van der Waals surface area contributed by atoms with Gasteiger partial charge in [-0.2, -0.15) is 0 Å². The monoisotopic (exact) mass is 272 g/mol. The van der Waals surface area contributed by atoms with E-state index in [2.05, 4.69) is 17.1 Å². The fourth-order valence-corrected chi connectivity index (χ4v) is 2.31. The lowest BCUT2D eigenvalue weighted by Crippen LogP contribution is -2.46. The Balaban J connectivity index is 2.11. The molecule has 2 rings (SSSR count). The van der Waals surface area contributed by atoms with Crippen molar-refractivity contribution in [2.24, 2.45) is 11.7 Å². The van der Waals surface area contributed by atoms with E-state index in [1.807, 2.05) is 4.90 Å². The van der Waals surface area contributed by atoms with Crippen LogP contribution in [0.4, 0.5) is 6.01 Å². The predicted octanol–water partition coefficient (Wildman–Crippen LogP) is 0.941. The zero-order chi connectivity index (χ0) is 13.1. The van der Waals surface area contributed by atoms with Gasteiger partial charge in [-0.1, -0.05) is 5.10 Å². The van der Waals surface area contributed by atoms with Crippen molar-refractivity contribution < 1.29 is 9.21 Å². The van der Waals surface area contributed by atoms with Crippen molar-refractivity contribution in [3.63, 3.8) is 0 Å². The third-order valence-electron chi connectivity index (χ3n) is 3.29. The number of amides is 1. The standard InChI is InChI=1S/C11H17ClN4O2/c1-7-2-3-8(10(13)17)6-16(7)11-15-14-9(18-11)4-5-12/h7-8H,2-6H2,1H3,(H2,13,17). The molecule has 1 saturated heterocycles. The van der Waals surface area contributed by atoms with Gasteiger partial charge in [-0.15, -0.1) is 16.7 Å². The molecule has 2 unspecified atom stereocenters. The van der Waals surface area contributed by atoms with Crippen LogP contribution in [-0.4, -0.2) is 34.6 Å². The number of hydrogen-bond donors (Lipinski definition) is 1. The van der Waals surface area contributed by atoms with E-state index in [0.717, 1.165) is 12.8 Å². The lowest BCUT2D eigenvalue weighted by molar-refractivity contribution is -0.122. The summed E-state index contributed by atoms with van der Waals surface area (Å²) in [6.07, 6.45) is 2.26. The number of anilines is 1. The van der Waals surface area contributed by atoms with Crippen LogP contribution in [0, 0.1) is 5.92 Å². The van der Waals surface area contributed by atoms with Gasteiger partial charge in [0, 0.05) is 24.9 Å². The van der Waals surface area contributed by atoms with Crippen LogP contribution in [0.25, 0.3) is 0 Å². The molecule has 1 aliphatic rings. The minimum absolute atomic E-state index is 0.149. The highest BCUT2D eigenvalue weighted by Gasteiger charge is 2.31. The Hall–Kier alpha value is -1.30. The lowest BCUT2D eigenvalue weighted by Gasteiger charge is -2.35. The molecule has 2 N–H and O–H groups in total. The summed E-state index contributed by atoms with van der Waals surface area (Å²) in [4.78, 5) is 13.2. The van der Waals surface area contributed by atoms with Crippen molar-refractivity contribution >= 4 is 23.5 Å². The van der Waals surface area contributed by atoms with Crippen LogP contribution in [0.5, 0.6) is 0 Å². The summed E-state index contributed by atoms with van der Waals surface area (Å²) in [6.45, 7) is 2.61. The van der Waals surface area contributed by atoms with Crippen molar-refractivity contribution in [2.75, 3.05) is 17.3 Å². The van der Waals surface area contributed by atoms with Gasteiger partial charge in [0.15, 0.2) is 0 Å². The summed E-state index contributed by atoms with van der Waals surface area (Å²) < 4.78 is 5.53. The quantitative estimate of drug-likeness (QED) is 0.825. The predicted molar refractivity (Wildman–Crippen MR) is 67.4 cm³/mol. The van der Waals surface area contributed by atoms with E-state index in [9.17, 15) is 4.79 Å². The number of rotatable bonds is 4. The smallest absolute Gasteiger partial charge is 0.318 e. The Morgan fingerprint density at radius 2 is 2.33 bits per heavy atom. The lowest BCUT2D eigenvalue weighted by atomic mass is 9.93. The van der Waals surface area contributed by atoms with E-state index >= 15 is 0 Å². The van der Waals surface area contributed by atoms with Gasteiger partial charge >= 0.3 is 6.01 Å². The number of aryl methyl sites for hydroxylation is 1. The van der Waals surface area contributed by atoms with E-state index in [1.54, 1.807) is 0 Å². The summed E-state index contributed by atoms with van der Waals surface area (Å²) in [6, 6.07) is 0.721. The number of aromatic nitrogens is 2. The van der Waals surface area contributed by atoms with Crippen LogP contribution in [0.1, 0.15) is 25.7 Å². The average Bonchev–Trinajstić information content (AvgIpc) is 2.78. The third kappa shape index (κ3) is 2.75. The number of carbonyl (C=O) groups is 1. The maximum Gasteiger partial charge on any atom is 0.318 e. The maximum absolute atomic E-state index is 11.3. The summed E-state index contributed by atoms with van der Waals surface area (Å²) in [5.74, 6) is 0.548. The molecule has 0 saturated carbocycles. The molecular weight excluding hydrogens is 256 g/mol. The molecule has 7 heteroatoms. The zero-order valence-electron chi connectivity index (χ0n) is 10.3. The second-order valence-electron chi connectivity index (χ2n) is 4.60. The Bertz CT molecular complexity index is 423. The second kappa shape index (κ2) is 5.56. The summed E-state index contributed by atoms with van der Waals surface area (Å²) >= 11 is 5.62.